The van der Waals surface area contributed by atoms with Crippen molar-refractivity contribution in [1.82, 2.24) is 10.2 Å². The van der Waals surface area contributed by atoms with Gasteiger partial charge in [-0.2, -0.15) is 0 Å². The Kier molecular flexibility index (Phi) is 5.04. The maximum atomic E-state index is 12.8. The Morgan fingerprint density at radius 2 is 2.15 bits per heavy atom. The van der Waals surface area contributed by atoms with E-state index in [2.05, 4.69) is 12.2 Å². The first kappa shape index (κ1) is 15.7. The van der Waals surface area contributed by atoms with E-state index in [4.69, 9.17) is 9.47 Å². The molecule has 0 spiro atoms. The lowest BCUT2D eigenvalue weighted by molar-refractivity contribution is -0.162. The van der Waals surface area contributed by atoms with E-state index in [0.29, 0.717) is 26.3 Å². The molecular formula is C15H28N2O3. The molecule has 0 aliphatic carbocycles. The summed E-state index contributed by atoms with van der Waals surface area (Å²) in [5.74, 6) is 0.155. The zero-order chi connectivity index (χ0) is 14.8. The van der Waals surface area contributed by atoms with Gasteiger partial charge in [0, 0.05) is 19.1 Å². The fourth-order valence-electron chi connectivity index (χ4n) is 3.18. The van der Waals surface area contributed by atoms with Crippen molar-refractivity contribution in [3.63, 3.8) is 0 Å². The van der Waals surface area contributed by atoms with Gasteiger partial charge in [-0.3, -0.25) is 4.79 Å². The van der Waals surface area contributed by atoms with E-state index in [1.54, 1.807) is 0 Å². The van der Waals surface area contributed by atoms with Crippen LogP contribution in [-0.4, -0.2) is 61.4 Å². The second-order valence-corrected chi connectivity index (χ2v) is 6.61. The molecule has 3 unspecified atom stereocenters. The Balaban J connectivity index is 1.99. The van der Waals surface area contributed by atoms with Gasteiger partial charge in [-0.25, -0.2) is 0 Å². The van der Waals surface area contributed by atoms with E-state index in [1.807, 2.05) is 25.7 Å². The van der Waals surface area contributed by atoms with E-state index < -0.39 is 0 Å². The van der Waals surface area contributed by atoms with Gasteiger partial charge in [0.15, 0.2) is 0 Å². The second kappa shape index (κ2) is 6.41. The number of nitrogens with one attached hydrogen (secondary N) is 1. The van der Waals surface area contributed by atoms with Gasteiger partial charge in [-0.05, 0) is 33.7 Å². The molecule has 116 valence electrons. The number of nitrogens with zero attached hydrogens (tertiary/aromatic N) is 1. The molecule has 3 atom stereocenters. The predicted molar refractivity (Wildman–Crippen MR) is 77.6 cm³/mol. The maximum Gasteiger partial charge on any atom is 0.229 e. The zero-order valence-corrected chi connectivity index (χ0v) is 13.1. The van der Waals surface area contributed by atoms with Crippen LogP contribution < -0.4 is 5.32 Å². The van der Waals surface area contributed by atoms with Crippen molar-refractivity contribution < 1.29 is 14.3 Å². The molecule has 0 aromatic heterocycles. The van der Waals surface area contributed by atoms with Crippen LogP contribution in [0.25, 0.3) is 0 Å². The van der Waals surface area contributed by atoms with Gasteiger partial charge in [0.1, 0.15) is 0 Å². The van der Waals surface area contributed by atoms with Crippen LogP contribution in [0.15, 0.2) is 0 Å². The number of carbonyl (C=O) groups excluding carboxylic acids is 1. The minimum absolute atomic E-state index is 0.0531. The molecule has 0 radical (unpaired) electrons. The Morgan fingerprint density at radius 3 is 2.80 bits per heavy atom. The highest BCUT2D eigenvalue weighted by molar-refractivity contribution is 5.80. The third-order valence-electron chi connectivity index (χ3n) is 3.94. The van der Waals surface area contributed by atoms with Gasteiger partial charge in [0.25, 0.3) is 0 Å². The molecule has 2 aliphatic heterocycles. The van der Waals surface area contributed by atoms with Crippen molar-refractivity contribution in [2.24, 2.45) is 5.92 Å². The highest BCUT2D eigenvalue weighted by Crippen LogP contribution is 2.24. The molecule has 2 heterocycles. The number of hydrogen-bond acceptors (Lipinski definition) is 4. The summed E-state index contributed by atoms with van der Waals surface area (Å²) < 4.78 is 11.4. The minimum Gasteiger partial charge on any atom is -0.379 e. The first-order chi connectivity index (χ1) is 9.43. The van der Waals surface area contributed by atoms with Crippen LogP contribution in [0.1, 0.15) is 34.1 Å². The maximum absolute atomic E-state index is 12.8. The summed E-state index contributed by atoms with van der Waals surface area (Å²) in [6.45, 7) is 11.7. The molecule has 20 heavy (non-hydrogen) atoms. The fraction of sp³-hybridized carbons (Fsp3) is 0.933. The van der Waals surface area contributed by atoms with Crippen LogP contribution in [0, 0.1) is 5.92 Å². The van der Waals surface area contributed by atoms with Gasteiger partial charge < -0.3 is 19.7 Å². The quantitative estimate of drug-likeness (QED) is 0.837. The average Bonchev–Trinajstić information content (AvgIpc) is 2.81. The van der Waals surface area contributed by atoms with Crippen molar-refractivity contribution in [1.29, 1.82) is 0 Å². The Hall–Kier alpha value is -0.650. The molecule has 2 fully saturated rings. The summed E-state index contributed by atoms with van der Waals surface area (Å²) in [7, 11) is 0. The van der Waals surface area contributed by atoms with Gasteiger partial charge >= 0.3 is 0 Å². The lowest BCUT2D eigenvalue weighted by atomic mass is 9.98. The topological polar surface area (TPSA) is 50.8 Å². The Labute approximate surface area is 122 Å². The summed E-state index contributed by atoms with van der Waals surface area (Å²) in [5, 5.41) is 3.43. The third-order valence-corrected chi connectivity index (χ3v) is 3.94. The summed E-state index contributed by atoms with van der Waals surface area (Å²) in [6.07, 6.45) is 1.16. The van der Waals surface area contributed by atoms with Crippen molar-refractivity contribution in [2.45, 2.75) is 51.9 Å². The lowest BCUT2D eigenvalue weighted by Crippen LogP contribution is -2.57. The van der Waals surface area contributed by atoms with Crippen LogP contribution in [0.2, 0.25) is 0 Å². The molecule has 0 saturated carbocycles. The number of ether oxygens (including phenoxy) is 2. The minimum atomic E-state index is -0.265. The van der Waals surface area contributed by atoms with Crippen molar-refractivity contribution >= 4 is 5.91 Å². The second-order valence-electron chi connectivity index (χ2n) is 6.61. The van der Waals surface area contributed by atoms with Crippen LogP contribution in [-0.2, 0) is 14.3 Å². The van der Waals surface area contributed by atoms with Crippen molar-refractivity contribution in [3.05, 3.63) is 0 Å². The van der Waals surface area contributed by atoms with E-state index in [0.717, 1.165) is 13.0 Å². The van der Waals surface area contributed by atoms with E-state index in [-0.39, 0.29) is 29.6 Å². The molecule has 2 rings (SSSR count). The number of amides is 1. The smallest absolute Gasteiger partial charge is 0.229 e. The van der Waals surface area contributed by atoms with Crippen LogP contribution in [0.5, 0.6) is 0 Å². The van der Waals surface area contributed by atoms with Crippen LogP contribution in [0.3, 0.4) is 0 Å². The normalized spacial score (nSPS) is 33.4. The number of carbonyl (C=O) groups is 1. The molecule has 0 bridgehead atoms. The van der Waals surface area contributed by atoms with Crippen molar-refractivity contribution in [3.8, 4) is 0 Å². The molecule has 0 aromatic carbocycles. The Morgan fingerprint density at radius 1 is 1.40 bits per heavy atom. The van der Waals surface area contributed by atoms with Crippen molar-refractivity contribution in [2.75, 3.05) is 32.8 Å². The first-order valence-electron chi connectivity index (χ1n) is 7.70. The molecule has 5 heteroatoms. The van der Waals surface area contributed by atoms with E-state index in [9.17, 15) is 4.79 Å². The van der Waals surface area contributed by atoms with E-state index in [1.165, 1.54) is 0 Å². The molecule has 5 nitrogen and oxygen atoms in total. The zero-order valence-electron chi connectivity index (χ0n) is 13.1. The van der Waals surface area contributed by atoms with E-state index >= 15 is 0 Å². The molecule has 1 amide bonds. The SMILES string of the molecule is CCCNC1COCC1C(=O)N1CC(C)OC(C)(C)C1. The average molecular weight is 284 g/mol. The number of morpholine rings is 1. The summed E-state index contributed by atoms with van der Waals surface area (Å²) >= 11 is 0. The highest BCUT2D eigenvalue weighted by atomic mass is 16.5. The Bertz CT molecular complexity index is 346. The van der Waals surface area contributed by atoms with Gasteiger partial charge in [0.2, 0.25) is 5.91 Å². The molecule has 0 aromatic rings. The summed E-state index contributed by atoms with van der Waals surface area (Å²) in [4.78, 5) is 14.7. The van der Waals surface area contributed by atoms with Gasteiger partial charge in [-0.15, -0.1) is 0 Å². The third kappa shape index (κ3) is 3.71. The molecule has 2 aliphatic rings. The van der Waals surface area contributed by atoms with Crippen LogP contribution in [0.4, 0.5) is 0 Å². The fourth-order valence-corrected chi connectivity index (χ4v) is 3.18. The number of hydrogen-bond donors (Lipinski definition) is 1. The summed E-state index contributed by atoms with van der Waals surface area (Å²) in [5.41, 5.74) is -0.265. The monoisotopic (exact) mass is 284 g/mol. The summed E-state index contributed by atoms with van der Waals surface area (Å²) in [6, 6.07) is 0.156. The predicted octanol–water partition coefficient (Wildman–Crippen LogP) is 1.03. The van der Waals surface area contributed by atoms with Gasteiger partial charge in [0.05, 0.1) is 30.8 Å². The number of rotatable bonds is 4. The highest BCUT2D eigenvalue weighted by Gasteiger charge is 2.40. The molecule has 2 saturated heterocycles. The molecule has 1 N–H and O–H groups in total. The standard InChI is InChI=1S/C15H28N2O3/c1-5-6-16-13-9-19-8-12(13)14(18)17-7-11(2)20-15(3,4)10-17/h11-13,16H,5-10H2,1-4H3. The lowest BCUT2D eigenvalue weighted by Gasteiger charge is -2.42. The van der Waals surface area contributed by atoms with Gasteiger partial charge in [-0.1, -0.05) is 6.92 Å². The largest absolute Gasteiger partial charge is 0.379 e. The van der Waals surface area contributed by atoms with Crippen LogP contribution >= 0.6 is 0 Å². The molecular weight excluding hydrogens is 256 g/mol. The first-order valence-corrected chi connectivity index (χ1v) is 7.70.